The van der Waals surface area contributed by atoms with Crippen molar-refractivity contribution in [1.82, 2.24) is 4.98 Å². The van der Waals surface area contributed by atoms with Crippen LogP contribution in [-0.2, 0) is 0 Å². The van der Waals surface area contributed by atoms with Gasteiger partial charge in [0.2, 0.25) is 0 Å². The lowest BCUT2D eigenvalue weighted by atomic mass is 10.2. The van der Waals surface area contributed by atoms with E-state index in [1.807, 2.05) is 31.2 Å². The molecule has 3 N–H and O–H groups in total. The summed E-state index contributed by atoms with van der Waals surface area (Å²) in [4.78, 5) is 4.46. The second-order valence-electron chi connectivity index (χ2n) is 4.37. The fraction of sp³-hybridized carbons (Fsp3) is 0.0714. The first-order chi connectivity index (χ1) is 9.54. The number of hydrogen-bond donors (Lipinski definition) is 2. The van der Waals surface area contributed by atoms with Gasteiger partial charge in [0.25, 0.3) is 0 Å². The number of hydrogen-bond acceptors (Lipinski definition) is 4. The van der Waals surface area contributed by atoms with Gasteiger partial charge in [-0.2, -0.15) is 0 Å². The largest absolute Gasteiger partial charge is 0.397 e. The number of benzene rings is 2. The van der Waals surface area contributed by atoms with Crippen molar-refractivity contribution in [2.24, 2.45) is 0 Å². The minimum atomic E-state index is 0.475. The van der Waals surface area contributed by atoms with Crippen molar-refractivity contribution in [3.05, 3.63) is 45.4 Å². The summed E-state index contributed by atoms with van der Waals surface area (Å²) in [7, 11) is 0. The molecule has 0 atom stereocenters. The smallest absolute Gasteiger partial charge is 0.0907 e. The first-order valence-electron chi connectivity index (χ1n) is 5.92. The standard InChI is InChI=1S/C14H11Cl2N3S/c1-7-18-12-6-11(9(17)5-13(12)20-7)19-10-4-2-3-8(15)14(10)16/h2-6,19H,17H2,1H3. The lowest BCUT2D eigenvalue weighted by Crippen LogP contribution is -1.97. The molecular weight excluding hydrogens is 313 g/mol. The molecule has 0 aliphatic carbocycles. The van der Waals surface area contributed by atoms with E-state index in [0.717, 1.165) is 26.6 Å². The summed E-state index contributed by atoms with van der Waals surface area (Å²) >= 11 is 13.8. The van der Waals surface area contributed by atoms with E-state index < -0.39 is 0 Å². The summed E-state index contributed by atoms with van der Waals surface area (Å²) in [5, 5.41) is 5.19. The number of rotatable bonds is 2. The molecule has 0 saturated carbocycles. The molecule has 1 aromatic heterocycles. The van der Waals surface area contributed by atoms with Crippen LogP contribution in [0.4, 0.5) is 17.1 Å². The van der Waals surface area contributed by atoms with Crippen molar-refractivity contribution in [3.63, 3.8) is 0 Å². The summed E-state index contributed by atoms with van der Waals surface area (Å²) in [6.45, 7) is 1.97. The van der Waals surface area contributed by atoms with Crippen LogP contribution in [0.3, 0.4) is 0 Å². The van der Waals surface area contributed by atoms with Gasteiger partial charge in [-0.1, -0.05) is 29.3 Å². The zero-order valence-electron chi connectivity index (χ0n) is 10.6. The van der Waals surface area contributed by atoms with Crippen LogP contribution in [0.15, 0.2) is 30.3 Å². The first-order valence-corrected chi connectivity index (χ1v) is 7.49. The lowest BCUT2D eigenvalue weighted by Gasteiger charge is -2.11. The van der Waals surface area contributed by atoms with Crippen LogP contribution in [0.2, 0.25) is 10.0 Å². The fourth-order valence-corrected chi connectivity index (χ4v) is 3.16. The van der Waals surface area contributed by atoms with Crippen LogP contribution in [0.25, 0.3) is 10.2 Å². The Bertz CT molecular complexity index is 798. The quantitative estimate of drug-likeness (QED) is 0.634. The van der Waals surface area contributed by atoms with Crippen molar-refractivity contribution in [1.29, 1.82) is 0 Å². The Morgan fingerprint density at radius 1 is 1.20 bits per heavy atom. The molecule has 0 radical (unpaired) electrons. The van der Waals surface area contributed by atoms with Crippen LogP contribution >= 0.6 is 34.5 Å². The van der Waals surface area contributed by atoms with Crippen molar-refractivity contribution in [3.8, 4) is 0 Å². The van der Waals surface area contributed by atoms with Gasteiger partial charge in [-0.15, -0.1) is 11.3 Å². The zero-order valence-corrected chi connectivity index (χ0v) is 12.9. The number of fused-ring (bicyclic) bond motifs is 1. The van der Waals surface area contributed by atoms with E-state index in [1.165, 1.54) is 0 Å². The van der Waals surface area contributed by atoms with E-state index in [1.54, 1.807) is 17.4 Å². The molecule has 0 aliphatic heterocycles. The average molecular weight is 324 g/mol. The van der Waals surface area contributed by atoms with Crippen LogP contribution in [0.5, 0.6) is 0 Å². The Labute approximate surface area is 130 Å². The van der Waals surface area contributed by atoms with Crippen molar-refractivity contribution < 1.29 is 0 Å². The highest BCUT2D eigenvalue weighted by atomic mass is 35.5. The Hall–Kier alpha value is -1.49. The summed E-state index contributed by atoms with van der Waals surface area (Å²) in [6, 6.07) is 9.26. The van der Waals surface area contributed by atoms with Crippen LogP contribution in [0.1, 0.15) is 5.01 Å². The number of aromatic nitrogens is 1. The Kier molecular flexibility index (Phi) is 3.46. The fourth-order valence-electron chi connectivity index (χ4n) is 1.96. The maximum absolute atomic E-state index is 6.17. The Balaban J connectivity index is 2.05. The molecule has 0 bridgehead atoms. The first kappa shape index (κ1) is 13.5. The molecule has 3 rings (SSSR count). The van der Waals surface area contributed by atoms with Gasteiger partial charge in [0.15, 0.2) is 0 Å². The van der Waals surface area contributed by atoms with Crippen LogP contribution in [0, 0.1) is 6.92 Å². The number of nitrogens with two attached hydrogens (primary N) is 1. The maximum atomic E-state index is 6.17. The summed E-state index contributed by atoms with van der Waals surface area (Å²) in [5.41, 5.74) is 9.13. The molecule has 1 heterocycles. The third-order valence-corrected chi connectivity index (χ3v) is 4.64. The van der Waals surface area contributed by atoms with Gasteiger partial charge in [0.05, 0.1) is 42.3 Å². The van der Waals surface area contributed by atoms with Gasteiger partial charge in [0, 0.05) is 0 Å². The van der Waals surface area contributed by atoms with Gasteiger partial charge in [-0.05, 0) is 31.2 Å². The van der Waals surface area contributed by atoms with Gasteiger partial charge in [-0.25, -0.2) is 4.98 Å². The molecule has 0 spiro atoms. The monoisotopic (exact) mass is 323 g/mol. The molecule has 0 saturated heterocycles. The number of aryl methyl sites for hydroxylation is 1. The van der Waals surface area contributed by atoms with E-state index in [2.05, 4.69) is 10.3 Å². The molecule has 0 fully saturated rings. The SMILES string of the molecule is Cc1nc2cc(Nc3cccc(Cl)c3Cl)c(N)cc2s1. The minimum Gasteiger partial charge on any atom is -0.397 e. The molecule has 3 aromatic rings. The number of anilines is 3. The Morgan fingerprint density at radius 3 is 2.80 bits per heavy atom. The van der Waals surface area contributed by atoms with E-state index >= 15 is 0 Å². The number of nitrogens with one attached hydrogen (secondary N) is 1. The molecular formula is C14H11Cl2N3S. The minimum absolute atomic E-state index is 0.475. The molecule has 2 aromatic carbocycles. The highest BCUT2D eigenvalue weighted by molar-refractivity contribution is 7.18. The van der Waals surface area contributed by atoms with E-state index in [9.17, 15) is 0 Å². The molecule has 102 valence electrons. The Morgan fingerprint density at radius 2 is 2.00 bits per heavy atom. The molecule has 20 heavy (non-hydrogen) atoms. The predicted octanol–water partition coefficient (Wildman–Crippen LogP) is 5.24. The second kappa shape index (κ2) is 5.13. The van der Waals surface area contributed by atoms with E-state index in [0.29, 0.717) is 15.7 Å². The predicted molar refractivity (Wildman–Crippen MR) is 88.5 cm³/mol. The molecule has 0 aliphatic rings. The molecule has 0 unspecified atom stereocenters. The molecule has 3 nitrogen and oxygen atoms in total. The maximum Gasteiger partial charge on any atom is 0.0907 e. The number of nitrogens with zero attached hydrogens (tertiary/aromatic N) is 1. The highest BCUT2D eigenvalue weighted by Gasteiger charge is 2.09. The third-order valence-electron chi connectivity index (χ3n) is 2.89. The van der Waals surface area contributed by atoms with Gasteiger partial charge in [0.1, 0.15) is 0 Å². The van der Waals surface area contributed by atoms with E-state index in [4.69, 9.17) is 28.9 Å². The van der Waals surface area contributed by atoms with Crippen LogP contribution < -0.4 is 11.1 Å². The molecule has 6 heteroatoms. The van der Waals surface area contributed by atoms with Crippen molar-refractivity contribution in [2.75, 3.05) is 11.1 Å². The summed E-state index contributed by atoms with van der Waals surface area (Å²) < 4.78 is 1.07. The lowest BCUT2D eigenvalue weighted by molar-refractivity contribution is 1.35. The zero-order chi connectivity index (χ0) is 14.3. The summed E-state index contributed by atoms with van der Waals surface area (Å²) in [5.74, 6) is 0. The van der Waals surface area contributed by atoms with Gasteiger partial charge in [-0.3, -0.25) is 0 Å². The highest BCUT2D eigenvalue weighted by Crippen LogP contribution is 2.35. The van der Waals surface area contributed by atoms with Gasteiger partial charge >= 0.3 is 0 Å². The molecule has 0 amide bonds. The summed E-state index contributed by atoms with van der Waals surface area (Å²) in [6.07, 6.45) is 0. The van der Waals surface area contributed by atoms with Crippen molar-refractivity contribution in [2.45, 2.75) is 6.92 Å². The van der Waals surface area contributed by atoms with Gasteiger partial charge < -0.3 is 11.1 Å². The second-order valence-corrected chi connectivity index (χ2v) is 6.39. The number of halogens is 2. The number of nitrogen functional groups attached to an aromatic ring is 1. The van der Waals surface area contributed by atoms with E-state index in [-0.39, 0.29) is 0 Å². The van der Waals surface area contributed by atoms with Crippen LogP contribution in [-0.4, -0.2) is 4.98 Å². The topological polar surface area (TPSA) is 50.9 Å². The van der Waals surface area contributed by atoms with Crippen molar-refractivity contribution >= 4 is 61.8 Å². The third kappa shape index (κ3) is 2.42. The number of thiazole rings is 1. The normalized spacial score (nSPS) is 10.9. The average Bonchev–Trinajstić information content (AvgIpc) is 2.74.